The zero-order valence-corrected chi connectivity index (χ0v) is 9.71. The first-order valence-electron chi connectivity index (χ1n) is 4.73. The third kappa shape index (κ3) is 3.98. The summed E-state index contributed by atoms with van der Waals surface area (Å²) in [5, 5.41) is 0.562. The van der Waals surface area contributed by atoms with E-state index in [1.54, 1.807) is 26.4 Å². The van der Waals surface area contributed by atoms with E-state index in [0.717, 1.165) is 12.2 Å². The molecule has 4 heteroatoms. The second kappa shape index (κ2) is 6.53. The smallest absolute Gasteiger partial charge is 0.138 e. The third-order valence-corrected chi connectivity index (χ3v) is 2.18. The van der Waals surface area contributed by atoms with Crippen molar-refractivity contribution >= 4 is 11.6 Å². The minimum Gasteiger partial charge on any atom is -0.497 e. The van der Waals surface area contributed by atoms with Gasteiger partial charge in [-0.25, -0.2) is 0 Å². The molecule has 0 bridgehead atoms. The molecule has 0 N–H and O–H groups in total. The van der Waals surface area contributed by atoms with Gasteiger partial charge in [0, 0.05) is 26.2 Å². The van der Waals surface area contributed by atoms with Crippen LogP contribution in [-0.4, -0.2) is 27.4 Å². The van der Waals surface area contributed by atoms with Gasteiger partial charge in [0.15, 0.2) is 0 Å². The first kappa shape index (κ1) is 12.1. The Hall–Kier alpha value is -0.930. The van der Waals surface area contributed by atoms with Gasteiger partial charge in [0.25, 0.3) is 0 Å². The molecule has 0 radical (unpaired) electrons. The number of ether oxygens (including phenoxy) is 3. The number of methoxy groups -OCH3 is 2. The van der Waals surface area contributed by atoms with E-state index in [-0.39, 0.29) is 0 Å². The van der Waals surface area contributed by atoms with E-state index < -0.39 is 0 Å². The van der Waals surface area contributed by atoms with Gasteiger partial charge in [0.1, 0.15) is 11.5 Å². The normalized spacial score (nSPS) is 10.1. The van der Waals surface area contributed by atoms with Crippen molar-refractivity contribution in [1.29, 1.82) is 0 Å². The van der Waals surface area contributed by atoms with Crippen molar-refractivity contribution in [3.63, 3.8) is 0 Å². The van der Waals surface area contributed by atoms with Gasteiger partial charge in [0.05, 0.1) is 18.7 Å². The zero-order valence-electron chi connectivity index (χ0n) is 8.96. The highest BCUT2D eigenvalue weighted by molar-refractivity contribution is 6.32. The summed E-state index contributed by atoms with van der Waals surface area (Å²) in [6, 6.07) is 5.35. The topological polar surface area (TPSA) is 27.7 Å². The molecule has 0 atom stereocenters. The number of rotatable bonds is 6. The van der Waals surface area contributed by atoms with Gasteiger partial charge in [-0.3, -0.25) is 0 Å². The molecule has 0 aliphatic carbocycles. The van der Waals surface area contributed by atoms with Crippen LogP contribution in [-0.2, 0) is 4.74 Å². The number of hydrogen-bond donors (Lipinski definition) is 0. The quantitative estimate of drug-likeness (QED) is 0.704. The predicted molar refractivity (Wildman–Crippen MR) is 60.0 cm³/mol. The Bertz CT molecular complexity index is 302. The summed E-state index contributed by atoms with van der Waals surface area (Å²) in [6.07, 6.45) is 0.846. The second-order valence-corrected chi connectivity index (χ2v) is 3.40. The van der Waals surface area contributed by atoms with E-state index in [0.29, 0.717) is 24.0 Å². The molecule has 0 amide bonds. The van der Waals surface area contributed by atoms with Crippen molar-refractivity contribution in [2.24, 2.45) is 0 Å². The molecule has 0 spiro atoms. The van der Waals surface area contributed by atoms with Gasteiger partial charge in [0.2, 0.25) is 0 Å². The van der Waals surface area contributed by atoms with Crippen LogP contribution in [0.1, 0.15) is 6.42 Å². The van der Waals surface area contributed by atoms with E-state index >= 15 is 0 Å². The van der Waals surface area contributed by atoms with Gasteiger partial charge in [-0.05, 0) is 12.1 Å². The fourth-order valence-corrected chi connectivity index (χ4v) is 1.34. The zero-order chi connectivity index (χ0) is 11.1. The van der Waals surface area contributed by atoms with Crippen molar-refractivity contribution in [1.82, 2.24) is 0 Å². The lowest BCUT2D eigenvalue weighted by Gasteiger charge is -2.08. The van der Waals surface area contributed by atoms with Crippen LogP contribution in [0.25, 0.3) is 0 Å². The molecule has 3 nitrogen and oxygen atoms in total. The van der Waals surface area contributed by atoms with Gasteiger partial charge in [-0.2, -0.15) is 0 Å². The number of benzene rings is 1. The van der Waals surface area contributed by atoms with Crippen LogP contribution in [0.3, 0.4) is 0 Å². The summed E-state index contributed by atoms with van der Waals surface area (Å²) in [7, 11) is 3.27. The molecule has 1 rings (SSSR count). The average Bonchev–Trinajstić information content (AvgIpc) is 2.26. The number of halogens is 1. The Morgan fingerprint density at radius 2 is 2.00 bits per heavy atom. The van der Waals surface area contributed by atoms with Crippen LogP contribution < -0.4 is 9.47 Å². The molecule has 0 fully saturated rings. The molecule has 0 aliphatic heterocycles. The average molecular weight is 231 g/mol. The van der Waals surface area contributed by atoms with E-state index in [9.17, 15) is 0 Å². The highest BCUT2D eigenvalue weighted by atomic mass is 35.5. The molecule has 0 unspecified atom stereocenters. The minimum atomic E-state index is 0.562. The molecule has 0 saturated carbocycles. The molecule has 1 aromatic carbocycles. The fourth-order valence-electron chi connectivity index (χ4n) is 1.11. The van der Waals surface area contributed by atoms with Crippen LogP contribution in [0.15, 0.2) is 18.2 Å². The molecule has 0 aromatic heterocycles. The predicted octanol–water partition coefficient (Wildman–Crippen LogP) is 2.76. The molecule has 1 aromatic rings. The SMILES string of the molecule is COCCCOc1ccc(OC)cc1Cl. The highest BCUT2D eigenvalue weighted by Crippen LogP contribution is 2.28. The van der Waals surface area contributed by atoms with Gasteiger partial charge in [-0.15, -0.1) is 0 Å². The van der Waals surface area contributed by atoms with Gasteiger partial charge in [-0.1, -0.05) is 11.6 Å². The Labute approximate surface area is 94.9 Å². The summed E-state index contributed by atoms with van der Waals surface area (Å²) in [5.41, 5.74) is 0. The largest absolute Gasteiger partial charge is 0.497 e. The third-order valence-electron chi connectivity index (χ3n) is 1.89. The van der Waals surface area contributed by atoms with Crippen molar-refractivity contribution in [2.45, 2.75) is 6.42 Å². The molecular weight excluding hydrogens is 216 g/mol. The Morgan fingerprint density at radius 3 is 2.60 bits per heavy atom. The summed E-state index contributed by atoms with van der Waals surface area (Å²) in [6.45, 7) is 1.29. The monoisotopic (exact) mass is 230 g/mol. The Morgan fingerprint density at radius 1 is 1.20 bits per heavy atom. The van der Waals surface area contributed by atoms with Crippen molar-refractivity contribution in [2.75, 3.05) is 27.4 Å². The van der Waals surface area contributed by atoms with Crippen LogP contribution in [0.5, 0.6) is 11.5 Å². The van der Waals surface area contributed by atoms with E-state index in [1.807, 2.05) is 6.07 Å². The molecule has 0 aliphatic rings. The van der Waals surface area contributed by atoms with E-state index in [2.05, 4.69) is 0 Å². The Balaban J connectivity index is 2.47. The lowest BCUT2D eigenvalue weighted by molar-refractivity contribution is 0.172. The van der Waals surface area contributed by atoms with Crippen molar-refractivity contribution in [3.05, 3.63) is 23.2 Å². The summed E-state index contributed by atoms with van der Waals surface area (Å²) < 4.78 is 15.4. The fraction of sp³-hybridized carbons (Fsp3) is 0.455. The van der Waals surface area contributed by atoms with Crippen molar-refractivity contribution < 1.29 is 14.2 Å². The standard InChI is InChI=1S/C11H15ClO3/c1-13-6-3-7-15-11-5-4-9(14-2)8-10(11)12/h4-5,8H,3,6-7H2,1-2H3. The first-order valence-corrected chi connectivity index (χ1v) is 5.11. The van der Waals surface area contributed by atoms with Gasteiger partial charge >= 0.3 is 0 Å². The summed E-state index contributed by atoms with van der Waals surface area (Å²) in [4.78, 5) is 0. The lowest BCUT2D eigenvalue weighted by atomic mass is 10.3. The Kier molecular flexibility index (Phi) is 5.29. The molecular formula is C11H15ClO3. The minimum absolute atomic E-state index is 0.562. The number of hydrogen-bond acceptors (Lipinski definition) is 3. The van der Waals surface area contributed by atoms with Crippen molar-refractivity contribution in [3.8, 4) is 11.5 Å². The van der Waals surface area contributed by atoms with E-state index in [4.69, 9.17) is 25.8 Å². The first-order chi connectivity index (χ1) is 7.27. The molecule has 0 heterocycles. The van der Waals surface area contributed by atoms with Crippen LogP contribution >= 0.6 is 11.6 Å². The van der Waals surface area contributed by atoms with Crippen LogP contribution in [0, 0.1) is 0 Å². The maximum absolute atomic E-state index is 5.98. The highest BCUT2D eigenvalue weighted by Gasteiger charge is 2.02. The molecule has 15 heavy (non-hydrogen) atoms. The lowest BCUT2D eigenvalue weighted by Crippen LogP contribution is -2.01. The van der Waals surface area contributed by atoms with E-state index in [1.165, 1.54) is 0 Å². The maximum atomic E-state index is 5.98. The summed E-state index contributed by atoms with van der Waals surface area (Å²) >= 11 is 5.98. The van der Waals surface area contributed by atoms with Crippen LogP contribution in [0.4, 0.5) is 0 Å². The second-order valence-electron chi connectivity index (χ2n) is 2.99. The molecule has 84 valence electrons. The van der Waals surface area contributed by atoms with Gasteiger partial charge < -0.3 is 14.2 Å². The summed E-state index contributed by atoms with van der Waals surface area (Å²) in [5.74, 6) is 1.40. The maximum Gasteiger partial charge on any atom is 0.138 e. The van der Waals surface area contributed by atoms with Crippen LogP contribution in [0.2, 0.25) is 5.02 Å². The molecule has 0 saturated heterocycles.